The van der Waals surface area contributed by atoms with E-state index in [2.05, 4.69) is 14.9 Å². The third-order valence-corrected chi connectivity index (χ3v) is 5.02. The largest absolute Gasteiger partial charge is 0.345 e. The van der Waals surface area contributed by atoms with Gasteiger partial charge in [-0.15, -0.1) is 0 Å². The average molecular weight is 337 g/mol. The lowest BCUT2D eigenvalue weighted by molar-refractivity contribution is -0.131. The van der Waals surface area contributed by atoms with Gasteiger partial charge in [0.2, 0.25) is 5.91 Å². The van der Waals surface area contributed by atoms with Gasteiger partial charge in [-0.1, -0.05) is 29.9 Å². The molecule has 5 nitrogen and oxygen atoms in total. The molecule has 3 rings (SSSR count). The zero-order valence-electron chi connectivity index (χ0n) is 12.3. The van der Waals surface area contributed by atoms with Gasteiger partial charge in [0.15, 0.2) is 5.13 Å². The molecule has 0 bridgehead atoms. The molecule has 1 aliphatic heterocycles. The zero-order valence-corrected chi connectivity index (χ0v) is 13.9. The molecule has 0 N–H and O–H groups in total. The number of halogens is 1. The summed E-state index contributed by atoms with van der Waals surface area (Å²) >= 11 is 7.58. The van der Waals surface area contributed by atoms with E-state index >= 15 is 0 Å². The van der Waals surface area contributed by atoms with Crippen molar-refractivity contribution in [3.05, 3.63) is 29.7 Å². The number of pyridine rings is 1. The van der Waals surface area contributed by atoms with Crippen molar-refractivity contribution in [3.8, 4) is 10.4 Å². The van der Waals surface area contributed by atoms with Crippen LogP contribution in [-0.4, -0.2) is 47.0 Å². The highest BCUT2D eigenvalue weighted by atomic mass is 35.5. The normalized spacial score (nSPS) is 15.2. The molecule has 3 heterocycles. The van der Waals surface area contributed by atoms with Crippen molar-refractivity contribution in [2.75, 3.05) is 31.1 Å². The number of piperazine rings is 1. The molecule has 2 aromatic heterocycles. The van der Waals surface area contributed by atoms with Gasteiger partial charge in [-0.3, -0.25) is 4.79 Å². The molecular formula is C15H17ClN4OS. The zero-order chi connectivity index (χ0) is 15.5. The van der Waals surface area contributed by atoms with Gasteiger partial charge in [-0.05, 0) is 17.7 Å². The van der Waals surface area contributed by atoms with Crippen molar-refractivity contribution < 1.29 is 4.79 Å². The summed E-state index contributed by atoms with van der Waals surface area (Å²) in [5, 5.41) is 1.48. The highest BCUT2D eigenvalue weighted by Gasteiger charge is 2.22. The molecule has 116 valence electrons. The van der Waals surface area contributed by atoms with Crippen LogP contribution in [0.1, 0.15) is 13.3 Å². The molecule has 1 amide bonds. The SMILES string of the molecule is CCC(=O)N1CCN(c2ncc(-c3ccnc(Cl)c3)s2)CC1. The van der Waals surface area contributed by atoms with Gasteiger partial charge in [-0.25, -0.2) is 9.97 Å². The van der Waals surface area contributed by atoms with Crippen molar-refractivity contribution in [2.24, 2.45) is 0 Å². The number of amides is 1. The van der Waals surface area contributed by atoms with Crippen molar-refractivity contribution in [1.82, 2.24) is 14.9 Å². The number of hydrogen-bond donors (Lipinski definition) is 0. The lowest BCUT2D eigenvalue weighted by Gasteiger charge is -2.34. The summed E-state index contributed by atoms with van der Waals surface area (Å²) in [7, 11) is 0. The average Bonchev–Trinajstić information content (AvgIpc) is 3.04. The minimum Gasteiger partial charge on any atom is -0.345 e. The maximum absolute atomic E-state index is 11.7. The maximum Gasteiger partial charge on any atom is 0.222 e. The predicted molar refractivity (Wildman–Crippen MR) is 89.4 cm³/mol. The third-order valence-electron chi connectivity index (χ3n) is 3.71. The van der Waals surface area contributed by atoms with Gasteiger partial charge >= 0.3 is 0 Å². The van der Waals surface area contributed by atoms with E-state index in [4.69, 9.17) is 11.6 Å². The van der Waals surface area contributed by atoms with E-state index in [-0.39, 0.29) is 5.91 Å². The van der Waals surface area contributed by atoms with Gasteiger partial charge in [-0.2, -0.15) is 0 Å². The van der Waals surface area contributed by atoms with Crippen LogP contribution in [0.25, 0.3) is 10.4 Å². The standard InChI is InChI=1S/C15H17ClN4OS/c1-2-14(21)19-5-7-20(8-6-19)15-18-10-12(22-15)11-3-4-17-13(16)9-11/h3-4,9-10H,2,5-8H2,1H3. The number of rotatable bonds is 3. The first kappa shape index (κ1) is 15.2. The fourth-order valence-corrected chi connectivity index (χ4v) is 3.61. The summed E-state index contributed by atoms with van der Waals surface area (Å²) in [5.41, 5.74) is 1.03. The van der Waals surface area contributed by atoms with E-state index in [1.54, 1.807) is 17.5 Å². The molecule has 0 saturated carbocycles. The van der Waals surface area contributed by atoms with Crippen LogP contribution >= 0.6 is 22.9 Å². The van der Waals surface area contributed by atoms with Gasteiger partial charge < -0.3 is 9.80 Å². The quantitative estimate of drug-likeness (QED) is 0.809. The molecule has 22 heavy (non-hydrogen) atoms. The van der Waals surface area contributed by atoms with Crippen LogP contribution in [0.3, 0.4) is 0 Å². The van der Waals surface area contributed by atoms with Crippen LogP contribution in [0.2, 0.25) is 5.15 Å². The Hall–Kier alpha value is -1.66. The molecule has 0 spiro atoms. The highest BCUT2D eigenvalue weighted by molar-refractivity contribution is 7.18. The number of aromatic nitrogens is 2. The van der Waals surface area contributed by atoms with Crippen LogP contribution in [0.5, 0.6) is 0 Å². The summed E-state index contributed by atoms with van der Waals surface area (Å²) in [6, 6.07) is 3.78. The first-order valence-corrected chi connectivity index (χ1v) is 8.47. The topological polar surface area (TPSA) is 49.3 Å². The summed E-state index contributed by atoms with van der Waals surface area (Å²) in [5.74, 6) is 0.228. The lowest BCUT2D eigenvalue weighted by Crippen LogP contribution is -2.48. The third kappa shape index (κ3) is 3.23. The number of nitrogens with zero attached hydrogens (tertiary/aromatic N) is 4. The minimum absolute atomic E-state index is 0.228. The summed E-state index contributed by atoms with van der Waals surface area (Å²) in [6.45, 7) is 5.10. The van der Waals surface area contributed by atoms with Gasteiger partial charge in [0.1, 0.15) is 5.15 Å². The Morgan fingerprint density at radius 2 is 2.09 bits per heavy atom. The Labute approximate surface area is 138 Å². The van der Waals surface area contributed by atoms with Gasteiger partial charge in [0, 0.05) is 45.0 Å². The highest BCUT2D eigenvalue weighted by Crippen LogP contribution is 2.32. The van der Waals surface area contributed by atoms with Crippen LogP contribution in [-0.2, 0) is 4.79 Å². The molecule has 0 aromatic carbocycles. The fraction of sp³-hybridized carbons (Fsp3) is 0.400. The van der Waals surface area contributed by atoms with Crippen LogP contribution in [0, 0.1) is 0 Å². The summed E-state index contributed by atoms with van der Waals surface area (Å²) in [4.78, 5) is 25.4. The fourth-order valence-electron chi connectivity index (χ4n) is 2.47. The maximum atomic E-state index is 11.7. The Kier molecular flexibility index (Phi) is 4.59. The molecular weight excluding hydrogens is 320 g/mol. The summed E-state index contributed by atoms with van der Waals surface area (Å²) < 4.78 is 0. The molecule has 7 heteroatoms. The van der Waals surface area contributed by atoms with Crippen molar-refractivity contribution >= 4 is 34.0 Å². The number of carbonyl (C=O) groups excluding carboxylic acids is 1. The Morgan fingerprint density at radius 3 is 2.77 bits per heavy atom. The minimum atomic E-state index is 0.228. The summed E-state index contributed by atoms with van der Waals surface area (Å²) in [6.07, 6.45) is 4.14. The van der Waals surface area contributed by atoms with Crippen LogP contribution in [0.15, 0.2) is 24.5 Å². The Morgan fingerprint density at radius 1 is 1.32 bits per heavy atom. The molecule has 1 saturated heterocycles. The van der Waals surface area contributed by atoms with E-state index < -0.39 is 0 Å². The van der Waals surface area contributed by atoms with E-state index in [9.17, 15) is 4.79 Å². The molecule has 2 aromatic rings. The lowest BCUT2D eigenvalue weighted by atomic mass is 10.2. The van der Waals surface area contributed by atoms with E-state index in [0.717, 1.165) is 41.8 Å². The monoisotopic (exact) mass is 336 g/mol. The van der Waals surface area contributed by atoms with Crippen molar-refractivity contribution in [1.29, 1.82) is 0 Å². The Balaban J connectivity index is 1.69. The van der Waals surface area contributed by atoms with Gasteiger partial charge in [0.05, 0.1) is 4.88 Å². The van der Waals surface area contributed by atoms with Crippen LogP contribution < -0.4 is 4.90 Å². The number of anilines is 1. The molecule has 0 aliphatic carbocycles. The smallest absolute Gasteiger partial charge is 0.222 e. The number of hydrogen-bond acceptors (Lipinski definition) is 5. The first-order valence-electron chi connectivity index (χ1n) is 7.28. The number of thiazole rings is 1. The van der Waals surface area contributed by atoms with E-state index in [1.165, 1.54) is 0 Å². The first-order chi connectivity index (χ1) is 10.7. The Bertz CT molecular complexity index is 667. The number of carbonyl (C=O) groups is 1. The second-order valence-electron chi connectivity index (χ2n) is 5.10. The van der Waals surface area contributed by atoms with Crippen LogP contribution in [0.4, 0.5) is 5.13 Å². The molecule has 1 aliphatic rings. The predicted octanol–water partition coefficient (Wildman–Crippen LogP) is 2.92. The van der Waals surface area contributed by atoms with Gasteiger partial charge in [0.25, 0.3) is 0 Å². The van der Waals surface area contributed by atoms with Crippen molar-refractivity contribution in [2.45, 2.75) is 13.3 Å². The second kappa shape index (κ2) is 6.62. The van der Waals surface area contributed by atoms with E-state index in [0.29, 0.717) is 11.6 Å². The van der Waals surface area contributed by atoms with E-state index in [1.807, 2.05) is 30.2 Å². The molecule has 0 unspecified atom stereocenters. The molecule has 1 fully saturated rings. The van der Waals surface area contributed by atoms with Crippen molar-refractivity contribution in [3.63, 3.8) is 0 Å². The second-order valence-corrected chi connectivity index (χ2v) is 6.49. The molecule has 0 radical (unpaired) electrons. The molecule has 0 atom stereocenters.